The molecule has 1 fully saturated rings. The monoisotopic (exact) mass is 249 g/mol. The molecule has 100 valence electrons. The summed E-state index contributed by atoms with van der Waals surface area (Å²) in [6, 6.07) is 3.12. The van der Waals surface area contributed by atoms with Gasteiger partial charge >= 0.3 is 0 Å². The van der Waals surface area contributed by atoms with Crippen LogP contribution in [-0.4, -0.2) is 39.1 Å². The Morgan fingerprint density at radius 1 is 1.56 bits per heavy atom. The molecular formula is C14H23N3O. The summed E-state index contributed by atoms with van der Waals surface area (Å²) in [5.41, 5.74) is 1.75. The Bertz CT molecular complexity index is 436. The Morgan fingerprint density at radius 2 is 2.28 bits per heavy atom. The minimum atomic E-state index is 0.0865. The molecule has 0 spiro atoms. The minimum absolute atomic E-state index is 0.0865. The Labute approximate surface area is 109 Å². The molecule has 1 saturated heterocycles. The Balaban J connectivity index is 2.09. The maximum absolute atomic E-state index is 11.4. The first-order chi connectivity index (χ1) is 8.49. The summed E-state index contributed by atoms with van der Waals surface area (Å²) >= 11 is 0. The van der Waals surface area contributed by atoms with Crippen LogP contribution in [0.4, 0.5) is 0 Å². The summed E-state index contributed by atoms with van der Waals surface area (Å²) in [6.45, 7) is 7.28. The third kappa shape index (κ3) is 2.64. The van der Waals surface area contributed by atoms with Crippen LogP contribution < -0.4 is 0 Å². The van der Waals surface area contributed by atoms with Crippen molar-refractivity contribution >= 4 is 5.78 Å². The number of hydrogen-bond acceptors (Lipinski definition) is 3. The van der Waals surface area contributed by atoms with Crippen LogP contribution in [-0.2, 0) is 13.5 Å². The van der Waals surface area contributed by atoms with E-state index in [0.29, 0.717) is 17.8 Å². The zero-order chi connectivity index (χ0) is 13.3. The van der Waals surface area contributed by atoms with Crippen molar-refractivity contribution in [2.45, 2.75) is 52.1 Å². The van der Waals surface area contributed by atoms with Gasteiger partial charge in [0.2, 0.25) is 0 Å². The number of nitrogens with zero attached hydrogens (tertiary/aromatic N) is 3. The topological polar surface area (TPSA) is 38.1 Å². The first-order valence-electron chi connectivity index (χ1n) is 6.78. The molecule has 0 N–H and O–H groups in total. The van der Waals surface area contributed by atoms with E-state index >= 15 is 0 Å². The van der Waals surface area contributed by atoms with Gasteiger partial charge in [-0.1, -0.05) is 0 Å². The summed E-state index contributed by atoms with van der Waals surface area (Å²) in [6.07, 6.45) is 3.47. The Hall–Kier alpha value is -1.16. The molecule has 0 amide bonds. The van der Waals surface area contributed by atoms with E-state index in [1.165, 1.54) is 19.4 Å². The average Bonchev–Trinajstić information content (AvgIpc) is 2.85. The van der Waals surface area contributed by atoms with Crippen molar-refractivity contribution in [1.29, 1.82) is 0 Å². The lowest BCUT2D eigenvalue weighted by Crippen LogP contribution is -2.36. The fourth-order valence-corrected chi connectivity index (χ4v) is 2.95. The van der Waals surface area contributed by atoms with Gasteiger partial charge in [0.15, 0.2) is 5.78 Å². The number of rotatable bonds is 4. The zero-order valence-corrected chi connectivity index (χ0v) is 11.8. The highest BCUT2D eigenvalue weighted by atomic mass is 16.1. The third-order valence-corrected chi connectivity index (χ3v) is 3.82. The number of ketones is 1. The van der Waals surface area contributed by atoms with Crippen LogP contribution in [0.5, 0.6) is 0 Å². The number of carbonyl (C=O) groups excluding carboxylic acids is 1. The van der Waals surface area contributed by atoms with Gasteiger partial charge in [-0.15, -0.1) is 0 Å². The van der Waals surface area contributed by atoms with Crippen molar-refractivity contribution in [3.05, 3.63) is 17.5 Å². The van der Waals surface area contributed by atoms with E-state index in [1.54, 1.807) is 11.6 Å². The predicted octanol–water partition coefficient (Wildman–Crippen LogP) is 2.04. The summed E-state index contributed by atoms with van der Waals surface area (Å²) in [5.74, 6) is 0.0865. The molecule has 4 nitrogen and oxygen atoms in total. The number of aromatic nitrogens is 2. The molecule has 18 heavy (non-hydrogen) atoms. The van der Waals surface area contributed by atoms with E-state index in [0.717, 1.165) is 12.1 Å². The molecule has 1 atom stereocenters. The maximum atomic E-state index is 11.4. The lowest BCUT2D eigenvalue weighted by atomic mass is 10.1. The number of carbonyl (C=O) groups is 1. The standard InChI is InChI=1S/C14H23N3O/c1-10(2)17-7-5-6-13(17)8-12-9-14(11(3)18)16(4)15-12/h9-10,13H,5-8H2,1-4H3. The van der Waals surface area contributed by atoms with E-state index in [-0.39, 0.29) is 5.78 Å². The minimum Gasteiger partial charge on any atom is -0.298 e. The quantitative estimate of drug-likeness (QED) is 0.766. The molecule has 1 unspecified atom stereocenters. The van der Waals surface area contributed by atoms with Crippen molar-refractivity contribution in [3.63, 3.8) is 0 Å². The summed E-state index contributed by atoms with van der Waals surface area (Å²) in [5, 5.41) is 4.46. The number of hydrogen-bond donors (Lipinski definition) is 0. The molecule has 0 radical (unpaired) electrons. The van der Waals surface area contributed by atoms with Crippen LogP contribution in [0.1, 0.15) is 49.8 Å². The molecule has 1 aliphatic heterocycles. The second-order valence-electron chi connectivity index (χ2n) is 5.53. The van der Waals surface area contributed by atoms with Crippen LogP contribution in [0, 0.1) is 0 Å². The Kier molecular flexibility index (Phi) is 3.85. The summed E-state index contributed by atoms with van der Waals surface area (Å²) < 4.78 is 1.70. The lowest BCUT2D eigenvalue weighted by Gasteiger charge is -2.27. The molecule has 0 aliphatic carbocycles. The van der Waals surface area contributed by atoms with Crippen LogP contribution in [0.2, 0.25) is 0 Å². The van der Waals surface area contributed by atoms with Gasteiger partial charge in [-0.3, -0.25) is 14.4 Å². The van der Waals surface area contributed by atoms with Crippen molar-refractivity contribution in [2.24, 2.45) is 7.05 Å². The fraction of sp³-hybridized carbons (Fsp3) is 0.714. The summed E-state index contributed by atoms with van der Waals surface area (Å²) in [4.78, 5) is 14.0. The smallest absolute Gasteiger partial charge is 0.177 e. The van der Waals surface area contributed by atoms with Crippen molar-refractivity contribution in [2.75, 3.05) is 6.54 Å². The van der Waals surface area contributed by atoms with Crippen LogP contribution >= 0.6 is 0 Å². The van der Waals surface area contributed by atoms with E-state index in [9.17, 15) is 4.79 Å². The Morgan fingerprint density at radius 3 is 2.83 bits per heavy atom. The van der Waals surface area contributed by atoms with Crippen LogP contribution in [0.3, 0.4) is 0 Å². The first kappa shape index (κ1) is 13.3. The van der Waals surface area contributed by atoms with Gasteiger partial charge < -0.3 is 0 Å². The van der Waals surface area contributed by atoms with Gasteiger partial charge in [-0.25, -0.2) is 0 Å². The molecule has 2 heterocycles. The normalized spacial score (nSPS) is 20.8. The van der Waals surface area contributed by atoms with Gasteiger partial charge in [0, 0.05) is 32.5 Å². The van der Waals surface area contributed by atoms with Crippen LogP contribution in [0.25, 0.3) is 0 Å². The number of aryl methyl sites for hydroxylation is 1. The maximum Gasteiger partial charge on any atom is 0.177 e. The van der Waals surface area contributed by atoms with E-state index in [4.69, 9.17) is 0 Å². The SMILES string of the molecule is CC(=O)c1cc(CC2CCCN2C(C)C)nn1C. The van der Waals surface area contributed by atoms with Gasteiger partial charge in [0.05, 0.1) is 5.69 Å². The van der Waals surface area contributed by atoms with Gasteiger partial charge in [0.25, 0.3) is 0 Å². The van der Waals surface area contributed by atoms with E-state index in [2.05, 4.69) is 23.8 Å². The third-order valence-electron chi connectivity index (χ3n) is 3.82. The van der Waals surface area contributed by atoms with Gasteiger partial charge in [0.1, 0.15) is 5.69 Å². The van der Waals surface area contributed by atoms with Crippen molar-refractivity contribution in [3.8, 4) is 0 Å². The number of Topliss-reactive ketones (excluding diaryl/α,β-unsaturated/α-hetero) is 1. The van der Waals surface area contributed by atoms with E-state index < -0.39 is 0 Å². The van der Waals surface area contributed by atoms with Gasteiger partial charge in [-0.05, 0) is 39.3 Å². The van der Waals surface area contributed by atoms with Gasteiger partial charge in [-0.2, -0.15) is 5.10 Å². The van der Waals surface area contributed by atoms with Crippen molar-refractivity contribution in [1.82, 2.24) is 14.7 Å². The molecule has 0 saturated carbocycles. The zero-order valence-electron chi connectivity index (χ0n) is 11.8. The number of likely N-dealkylation sites (tertiary alicyclic amines) is 1. The second-order valence-corrected chi connectivity index (χ2v) is 5.53. The lowest BCUT2D eigenvalue weighted by molar-refractivity contribution is 0.100. The molecule has 0 bridgehead atoms. The molecule has 1 aromatic heterocycles. The molecule has 2 rings (SSSR count). The highest BCUT2D eigenvalue weighted by Crippen LogP contribution is 2.23. The molecule has 0 aromatic carbocycles. The second kappa shape index (κ2) is 5.22. The highest BCUT2D eigenvalue weighted by Gasteiger charge is 2.27. The molecule has 1 aromatic rings. The fourth-order valence-electron chi connectivity index (χ4n) is 2.95. The van der Waals surface area contributed by atoms with E-state index in [1.807, 2.05) is 13.1 Å². The van der Waals surface area contributed by atoms with Crippen LogP contribution in [0.15, 0.2) is 6.07 Å². The molecule has 4 heteroatoms. The predicted molar refractivity (Wildman–Crippen MR) is 71.8 cm³/mol. The summed E-state index contributed by atoms with van der Waals surface area (Å²) in [7, 11) is 1.84. The molecule has 1 aliphatic rings. The average molecular weight is 249 g/mol. The largest absolute Gasteiger partial charge is 0.298 e. The van der Waals surface area contributed by atoms with Crippen molar-refractivity contribution < 1.29 is 4.79 Å². The first-order valence-corrected chi connectivity index (χ1v) is 6.78. The highest BCUT2D eigenvalue weighted by molar-refractivity contribution is 5.92. The molecular weight excluding hydrogens is 226 g/mol.